The summed E-state index contributed by atoms with van der Waals surface area (Å²) in [4.78, 5) is 0. The van der Waals surface area contributed by atoms with Gasteiger partial charge in [0.2, 0.25) is 0 Å². The van der Waals surface area contributed by atoms with Gasteiger partial charge in [0.15, 0.2) is 0 Å². The summed E-state index contributed by atoms with van der Waals surface area (Å²) < 4.78 is 0. The summed E-state index contributed by atoms with van der Waals surface area (Å²) in [5, 5.41) is 3.83. The highest BCUT2D eigenvalue weighted by Gasteiger charge is 1.89. The van der Waals surface area contributed by atoms with Gasteiger partial charge in [0, 0.05) is 6.42 Å². The van der Waals surface area contributed by atoms with Gasteiger partial charge in [-0.25, -0.2) is 5.43 Å². The number of hydrogen-bond acceptors (Lipinski definition) is 1. The number of rotatable bonds is 0. The van der Waals surface area contributed by atoms with Gasteiger partial charge in [-0.3, -0.25) is 0 Å². The van der Waals surface area contributed by atoms with Gasteiger partial charge in [-0.1, -0.05) is 5.10 Å². The average molecular weight is 71.1 g/mol. The molecule has 0 bridgehead atoms. The van der Waals surface area contributed by atoms with E-state index >= 15 is 0 Å². The number of quaternary nitrogens is 1. The molecule has 1 aliphatic rings. The third-order valence-corrected chi connectivity index (χ3v) is 0.636. The maximum atomic E-state index is 3.83. The van der Waals surface area contributed by atoms with E-state index in [0.717, 1.165) is 13.0 Å². The van der Waals surface area contributed by atoms with Gasteiger partial charge in [-0.15, -0.1) is 0 Å². The Morgan fingerprint density at radius 1 is 1.80 bits per heavy atom. The SMILES string of the molecule is C1=N[NH2+]CC1. The maximum Gasteiger partial charge on any atom is 0.105 e. The van der Waals surface area contributed by atoms with Crippen LogP contribution in [-0.4, -0.2) is 12.8 Å². The minimum atomic E-state index is 1.15. The van der Waals surface area contributed by atoms with E-state index in [9.17, 15) is 0 Å². The van der Waals surface area contributed by atoms with Crippen LogP contribution in [0.15, 0.2) is 5.10 Å². The summed E-state index contributed by atoms with van der Waals surface area (Å²) in [6.07, 6.45) is 3.08. The molecule has 0 saturated heterocycles. The molecular formula is C3H7N2+. The molecule has 1 aliphatic heterocycles. The van der Waals surface area contributed by atoms with Crippen LogP contribution in [0.4, 0.5) is 0 Å². The zero-order chi connectivity index (χ0) is 3.54. The third kappa shape index (κ3) is 0.450. The van der Waals surface area contributed by atoms with Gasteiger partial charge in [-0.05, 0) is 0 Å². The first kappa shape index (κ1) is 2.85. The van der Waals surface area contributed by atoms with E-state index < -0.39 is 0 Å². The molecule has 0 radical (unpaired) electrons. The van der Waals surface area contributed by atoms with E-state index in [-0.39, 0.29) is 0 Å². The Balaban J connectivity index is 2.32. The maximum absolute atomic E-state index is 3.83. The summed E-state index contributed by atoms with van der Waals surface area (Å²) in [5.74, 6) is 0. The van der Waals surface area contributed by atoms with Crippen molar-refractivity contribution in [2.24, 2.45) is 5.10 Å². The fourth-order valence-corrected chi connectivity index (χ4v) is 0.373. The molecule has 0 atom stereocenters. The normalized spacial score (nSPS) is 20.8. The molecule has 0 aromatic rings. The minimum absolute atomic E-state index is 1.15. The van der Waals surface area contributed by atoms with E-state index in [4.69, 9.17) is 0 Å². The lowest BCUT2D eigenvalue weighted by atomic mass is 10.5. The Morgan fingerprint density at radius 3 is 3.00 bits per heavy atom. The first-order chi connectivity index (χ1) is 2.50. The van der Waals surface area contributed by atoms with Crippen LogP contribution in [0.3, 0.4) is 0 Å². The topological polar surface area (TPSA) is 29.0 Å². The summed E-state index contributed by atoms with van der Waals surface area (Å²) in [6, 6.07) is 0. The molecule has 1 heterocycles. The Labute approximate surface area is 30.9 Å². The van der Waals surface area contributed by atoms with Gasteiger partial charge < -0.3 is 0 Å². The van der Waals surface area contributed by atoms with Gasteiger partial charge in [0.1, 0.15) is 6.54 Å². The van der Waals surface area contributed by atoms with Gasteiger partial charge >= 0.3 is 0 Å². The molecule has 0 aromatic heterocycles. The van der Waals surface area contributed by atoms with Gasteiger partial charge in [-0.2, -0.15) is 0 Å². The van der Waals surface area contributed by atoms with E-state index in [1.54, 1.807) is 0 Å². The highest BCUT2D eigenvalue weighted by atomic mass is 15.3. The predicted molar refractivity (Wildman–Crippen MR) is 19.9 cm³/mol. The second-order valence-electron chi connectivity index (χ2n) is 1.09. The number of hydrogen-bond donors (Lipinski definition) is 1. The smallest absolute Gasteiger partial charge is 0.105 e. The number of nitrogens with zero attached hydrogens (tertiary/aromatic N) is 1. The molecule has 0 amide bonds. The second-order valence-corrected chi connectivity index (χ2v) is 1.09. The first-order valence-electron chi connectivity index (χ1n) is 1.83. The third-order valence-electron chi connectivity index (χ3n) is 0.636. The Hall–Kier alpha value is -0.370. The highest BCUT2D eigenvalue weighted by Crippen LogP contribution is 1.65. The molecular weight excluding hydrogens is 64.0 g/mol. The summed E-state index contributed by atoms with van der Waals surface area (Å²) in [5.41, 5.74) is 1.93. The molecule has 0 unspecified atom stereocenters. The average Bonchev–Trinajstić information content (AvgIpc) is 1.76. The molecule has 0 aliphatic carbocycles. The lowest BCUT2D eigenvalue weighted by molar-refractivity contribution is -0.651. The molecule has 0 saturated carbocycles. The van der Waals surface area contributed by atoms with E-state index in [0.29, 0.717) is 0 Å². The fraction of sp³-hybridized carbons (Fsp3) is 0.667. The van der Waals surface area contributed by atoms with Crippen molar-refractivity contribution < 1.29 is 5.43 Å². The van der Waals surface area contributed by atoms with Crippen molar-refractivity contribution in [3.8, 4) is 0 Å². The Morgan fingerprint density at radius 2 is 2.80 bits per heavy atom. The highest BCUT2D eigenvalue weighted by molar-refractivity contribution is 5.56. The van der Waals surface area contributed by atoms with Crippen LogP contribution >= 0.6 is 0 Å². The molecule has 0 fully saturated rings. The first-order valence-corrected chi connectivity index (χ1v) is 1.83. The molecule has 0 spiro atoms. The van der Waals surface area contributed by atoms with Crippen LogP contribution in [0.25, 0.3) is 0 Å². The van der Waals surface area contributed by atoms with Crippen molar-refractivity contribution in [3.05, 3.63) is 0 Å². The van der Waals surface area contributed by atoms with Crippen LogP contribution in [-0.2, 0) is 0 Å². The molecule has 0 aromatic carbocycles. The van der Waals surface area contributed by atoms with Crippen molar-refractivity contribution in [2.45, 2.75) is 6.42 Å². The van der Waals surface area contributed by atoms with Crippen molar-refractivity contribution in [1.29, 1.82) is 0 Å². The largest absolute Gasteiger partial charge is 0.220 e. The van der Waals surface area contributed by atoms with E-state index in [1.165, 1.54) is 0 Å². The zero-order valence-corrected chi connectivity index (χ0v) is 3.02. The monoisotopic (exact) mass is 71.1 g/mol. The number of nitrogens with two attached hydrogens (primary N) is 1. The molecule has 2 N–H and O–H groups in total. The van der Waals surface area contributed by atoms with Crippen molar-refractivity contribution >= 4 is 6.21 Å². The lowest BCUT2D eigenvalue weighted by Gasteiger charge is -1.68. The quantitative estimate of drug-likeness (QED) is 0.353. The molecule has 1 rings (SSSR count). The standard InChI is InChI=1S/C3H6N2/c1-2-4-5-3-1/h2,5H,1,3H2/p+1. The summed E-state index contributed by atoms with van der Waals surface area (Å²) in [7, 11) is 0. The summed E-state index contributed by atoms with van der Waals surface area (Å²) in [6.45, 7) is 1.15. The van der Waals surface area contributed by atoms with Crippen LogP contribution < -0.4 is 5.43 Å². The molecule has 5 heavy (non-hydrogen) atoms. The van der Waals surface area contributed by atoms with Gasteiger partial charge in [0.05, 0.1) is 6.21 Å². The van der Waals surface area contributed by atoms with E-state index in [1.807, 2.05) is 11.6 Å². The molecule has 2 heteroatoms. The van der Waals surface area contributed by atoms with Crippen LogP contribution in [0, 0.1) is 0 Å². The molecule has 28 valence electrons. The van der Waals surface area contributed by atoms with Crippen molar-refractivity contribution in [2.75, 3.05) is 6.54 Å². The fourth-order valence-electron chi connectivity index (χ4n) is 0.373. The second kappa shape index (κ2) is 1.17. The predicted octanol–water partition coefficient (Wildman–Crippen LogP) is -1.06. The van der Waals surface area contributed by atoms with E-state index in [2.05, 4.69) is 5.10 Å². The van der Waals surface area contributed by atoms with Gasteiger partial charge in [0.25, 0.3) is 0 Å². The Bertz CT molecular complexity index is 42.9. The van der Waals surface area contributed by atoms with Crippen LogP contribution in [0.5, 0.6) is 0 Å². The van der Waals surface area contributed by atoms with Crippen molar-refractivity contribution in [3.63, 3.8) is 0 Å². The minimum Gasteiger partial charge on any atom is -0.220 e. The zero-order valence-electron chi connectivity index (χ0n) is 3.02. The lowest BCUT2D eigenvalue weighted by Crippen LogP contribution is -2.75. The van der Waals surface area contributed by atoms with Crippen LogP contribution in [0.2, 0.25) is 0 Å². The van der Waals surface area contributed by atoms with Crippen molar-refractivity contribution in [1.82, 2.24) is 0 Å². The Kier molecular flexibility index (Phi) is 0.667. The van der Waals surface area contributed by atoms with Crippen LogP contribution in [0.1, 0.15) is 6.42 Å². The summed E-state index contributed by atoms with van der Waals surface area (Å²) >= 11 is 0. The molecule has 2 nitrogen and oxygen atoms in total.